The smallest absolute Gasteiger partial charge is 0.231 e. The molecule has 4 aromatic rings. The molecule has 1 amide bonds. The highest BCUT2D eigenvalue weighted by atomic mass is 35.5. The zero-order chi connectivity index (χ0) is 22.5. The topological polar surface area (TPSA) is 90.0 Å². The normalized spacial score (nSPS) is 12.2. The van der Waals surface area contributed by atoms with Gasteiger partial charge >= 0.3 is 0 Å². The van der Waals surface area contributed by atoms with Crippen LogP contribution in [-0.2, 0) is 4.79 Å². The number of hydrogen-bond donors (Lipinski definition) is 1. The number of carbonyl (C=O) groups is 1. The molecule has 0 spiro atoms. The van der Waals surface area contributed by atoms with Gasteiger partial charge in [-0.25, -0.2) is 0 Å². The summed E-state index contributed by atoms with van der Waals surface area (Å²) in [4.78, 5) is 12.8. The minimum Gasteiger partial charge on any atom is -0.345 e. The highest BCUT2D eigenvalue weighted by Crippen LogP contribution is 2.24. The molecule has 0 bridgehead atoms. The Morgan fingerprint density at radius 2 is 2.09 bits per heavy atom. The van der Waals surface area contributed by atoms with Crippen LogP contribution in [0.5, 0.6) is 0 Å². The molecular formula is C21H22ClN7OS2. The summed E-state index contributed by atoms with van der Waals surface area (Å²) in [7, 11) is 0. The van der Waals surface area contributed by atoms with Crippen molar-refractivity contribution in [2.24, 2.45) is 0 Å². The maximum atomic E-state index is 12.8. The number of hydrogen-bond acceptors (Lipinski definition) is 7. The Hall–Kier alpha value is -2.56. The number of aromatic nitrogens is 6. The Morgan fingerprint density at radius 3 is 2.91 bits per heavy atom. The van der Waals surface area contributed by atoms with E-state index in [9.17, 15) is 4.79 Å². The Balaban J connectivity index is 1.45. The maximum absolute atomic E-state index is 12.8. The molecule has 11 heteroatoms. The molecule has 166 valence electrons. The number of rotatable bonds is 9. The summed E-state index contributed by atoms with van der Waals surface area (Å²) in [5, 5.41) is 21.1. The summed E-state index contributed by atoms with van der Waals surface area (Å²) >= 11 is 9.31. The Bertz CT molecular complexity index is 1230. The van der Waals surface area contributed by atoms with Gasteiger partial charge in [-0.15, -0.1) is 20.4 Å². The molecule has 8 nitrogen and oxygen atoms in total. The number of aryl methyl sites for hydroxylation is 1. The van der Waals surface area contributed by atoms with Crippen molar-refractivity contribution in [1.82, 2.24) is 34.7 Å². The number of fused-ring (bicyclic) bond motifs is 1. The average molecular weight is 488 g/mol. The number of benzene rings is 1. The van der Waals surface area contributed by atoms with E-state index < -0.39 is 0 Å². The first-order valence-electron chi connectivity index (χ1n) is 9.94. The van der Waals surface area contributed by atoms with Gasteiger partial charge in [0.2, 0.25) is 5.91 Å². The molecule has 1 unspecified atom stereocenters. The summed E-state index contributed by atoms with van der Waals surface area (Å²) < 4.78 is 3.73. The summed E-state index contributed by atoms with van der Waals surface area (Å²) in [6, 6.07) is 11.2. The van der Waals surface area contributed by atoms with Crippen LogP contribution in [0.3, 0.4) is 0 Å². The predicted octanol–water partition coefficient (Wildman–Crippen LogP) is 3.97. The van der Waals surface area contributed by atoms with Gasteiger partial charge in [-0.2, -0.15) is 11.8 Å². The van der Waals surface area contributed by atoms with E-state index in [0.717, 1.165) is 34.9 Å². The fourth-order valence-corrected chi connectivity index (χ4v) is 4.58. The first-order valence-corrected chi connectivity index (χ1v) is 12.7. The van der Waals surface area contributed by atoms with Crippen molar-refractivity contribution in [2.45, 2.75) is 24.5 Å². The highest BCUT2D eigenvalue weighted by molar-refractivity contribution is 7.99. The second kappa shape index (κ2) is 10.4. The van der Waals surface area contributed by atoms with Gasteiger partial charge in [0.25, 0.3) is 0 Å². The molecule has 0 aliphatic rings. The molecular weight excluding hydrogens is 466 g/mol. The molecule has 1 aromatic carbocycles. The quantitative estimate of drug-likeness (QED) is 0.357. The van der Waals surface area contributed by atoms with Gasteiger partial charge in [0.1, 0.15) is 6.33 Å². The molecule has 1 N–H and O–H groups in total. The Morgan fingerprint density at radius 1 is 1.22 bits per heavy atom. The molecule has 3 heterocycles. The Kier molecular flexibility index (Phi) is 7.33. The van der Waals surface area contributed by atoms with Crippen LogP contribution >= 0.6 is 35.1 Å². The summed E-state index contributed by atoms with van der Waals surface area (Å²) in [6.45, 7) is 1.95. The third-order valence-electron chi connectivity index (χ3n) is 4.88. The molecule has 0 saturated heterocycles. The van der Waals surface area contributed by atoms with Gasteiger partial charge in [-0.3, -0.25) is 13.8 Å². The van der Waals surface area contributed by atoms with E-state index in [1.54, 1.807) is 18.1 Å². The zero-order valence-corrected chi connectivity index (χ0v) is 20.0. The van der Waals surface area contributed by atoms with Crippen molar-refractivity contribution < 1.29 is 4.79 Å². The van der Waals surface area contributed by atoms with Crippen LogP contribution in [0.15, 0.2) is 54.1 Å². The Labute approximate surface area is 199 Å². The lowest BCUT2D eigenvalue weighted by Crippen LogP contribution is -2.31. The average Bonchev–Trinajstić information content (AvgIpc) is 3.44. The fraction of sp³-hybridized carbons (Fsp3) is 0.286. The van der Waals surface area contributed by atoms with E-state index in [1.165, 1.54) is 11.8 Å². The molecule has 1 atom stereocenters. The monoisotopic (exact) mass is 487 g/mol. The van der Waals surface area contributed by atoms with Crippen LogP contribution in [0, 0.1) is 6.92 Å². The molecule has 0 aliphatic carbocycles. The number of thioether (sulfide) groups is 2. The van der Waals surface area contributed by atoms with Gasteiger partial charge in [0.15, 0.2) is 16.6 Å². The van der Waals surface area contributed by atoms with Crippen LogP contribution in [0.1, 0.15) is 23.9 Å². The molecule has 0 aliphatic heterocycles. The first-order chi connectivity index (χ1) is 15.6. The van der Waals surface area contributed by atoms with Gasteiger partial charge in [0, 0.05) is 11.2 Å². The second-order valence-electron chi connectivity index (χ2n) is 7.09. The zero-order valence-electron chi connectivity index (χ0n) is 17.6. The highest BCUT2D eigenvalue weighted by Gasteiger charge is 2.21. The fourth-order valence-electron chi connectivity index (χ4n) is 3.20. The SMILES string of the molecule is CSCCC(NC(=O)CSc1nncn1-c1ccc(C)c(Cl)c1)c1nnc2ccccn12. The number of nitrogens with one attached hydrogen (secondary N) is 1. The molecule has 0 fully saturated rings. The maximum Gasteiger partial charge on any atom is 0.231 e. The van der Waals surface area contributed by atoms with Crippen LogP contribution in [0.25, 0.3) is 11.3 Å². The van der Waals surface area contributed by atoms with Crippen molar-refractivity contribution in [3.63, 3.8) is 0 Å². The molecule has 32 heavy (non-hydrogen) atoms. The predicted molar refractivity (Wildman–Crippen MR) is 129 cm³/mol. The lowest BCUT2D eigenvalue weighted by atomic mass is 10.2. The number of halogens is 1. The van der Waals surface area contributed by atoms with Gasteiger partial charge in [0.05, 0.1) is 17.5 Å². The minimum absolute atomic E-state index is 0.106. The summed E-state index contributed by atoms with van der Waals surface area (Å²) in [5.41, 5.74) is 2.60. The van der Waals surface area contributed by atoms with E-state index in [2.05, 4.69) is 25.7 Å². The number of carbonyl (C=O) groups excluding carboxylic acids is 1. The van der Waals surface area contributed by atoms with Crippen molar-refractivity contribution >= 4 is 46.7 Å². The summed E-state index contributed by atoms with van der Waals surface area (Å²) in [5.74, 6) is 1.71. The number of amides is 1. The van der Waals surface area contributed by atoms with Crippen molar-refractivity contribution in [1.29, 1.82) is 0 Å². The first kappa shape index (κ1) is 22.6. The third-order valence-corrected chi connectivity index (χ3v) is 6.87. The molecule has 0 radical (unpaired) electrons. The molecule has 3 aromatic heterocycles. The molecule has 0 saturated carbocycles. The van der Waals surface area contributed by atoms with Crippen LogP contribution in [0.2, 0.25) is 5.02 Å². The molecule has 4 rings (SSSR count). The summed E-state index contributed by atoms with van der Waals surface area (Å²) in [6.07, 6.45) is 6.32. The largest absolute Gasteiger partial charge is 0.345 e. The number of pyridine rings is 1. The van der Waals surface area contributed by atoms with E-state index in [-0.39, 0.29) is 17.7 Å². The lowest BCUT2D eigenvalue weighted by Gasteiger charge is -2.17. The van der Waals surface area contributed by atoms with Gasteiger partial charge < -0.3 is 5.32 Å². The number of nitrogens with zero attached hydrogens (tertiary/aromatic N) is 6. The van der Waals surface area contributed by atoms with E-state index in [1.807, 2.05) is 64.7 Å². The lowest BCUT2D eigenvalue weighted by molar-refractivity contribution is -0.119. The van der Waals surface area contributed by atoms with E-state index in [0.29, 0.717) is 10.2 Å². The van der Waals surface area contributed by atoms with Crippen molar-refractivity contribution in [2.75, 3.05) is 17.8 Å². The van der Waals surface area contributed by atoms with Crippen LogP contribution in [-0.4, -0.2) is 53.0 Å². The van der Waals surface area contributed by atoms with Gasteiger partial charge in [-0.1, -0.05) is 35.5 Å². The van der Waals surface area contributed by atoms with Crippen LogP contribution in [0.4, 0.5) is 0 Å². The van der Waals surface area contributed by atoms with Crippen molar-refractivity contribution in [3.05, 3.63) is 65.3 Å². The standard InChI is InChI=1S/C21H22ClN7OS2/c1-14-6-7-15(11-16(14)22)29-13-23-27-21(29)32-12-19(30)24-17(8-10-31-2)20-26-25-18-5-3-4-9-28(18)20/h3-7,9,11,13,17H,8,10,12H2,1-2H3,(H,24,30). The van der Waals surface area contributed by atoms with E-state index >= 15 is 0 Å². The van der Waals surface area contributed by atoms with Crippen LogP contribution < -0.4 is 5.32 Å². The minimum atomic E-state index is -0.235. The van der Waals surface area contributed by atoms with E-state index in [4.69, 9.17) is 11.6 Å². The second-order valence-corrected chi connectivity index (χ2v) is 9.43. The van der Waals surface area contributed by atoms with Crippen molar-refractivity contribution in [3.8, 4) is 5.69 Å². The third kappa shape index (κ3) is 5.08. The van der Waals surface area contributed by atoms with Gasteiger partial charge in [-0.05, 0) is 55.2 Å².